The number of benzene rings is 1. The Balaban J connectivity index is 2.59. The van der Waals surface area contributed by atoms with Gasteiger partial charge in [-0.2, -0.15) is 0 Å². The Morgan fingerprint density at radius 2 is 1.76 bits per heavy atom. The third kappa shape index (κ3) is 2.71. The Morgan fingerprint density at radius 1 is 1.12 bits per heavy atom. The topological polar surface area (TPSA) is 38.9 Å². The van der Waals surface area contributed by atoms with Crippen molar-refractivity contribution in [2.45, 2.75) is 13.3 Å². The summed E-state index contributed by atoms with van der Waals surface area (Å²) in [6.45, 7) is 2.04. The van der Waals surface area contributed by atoms with Crippen LogP contribution in [0.2, 0.25) is 10.0 Å². The zero-order chi connectivity index (χ0) is 12.4. The Kier molecular flexibility index (Phi) is 3.55. The summed E-state index contributed by atoms with van der Waals surface area (Å²) in [7, 11) is 0. The van der Waals surface area contributed by atoms with Crippen LogP contribution in [0.4, 0.5) is 5.82 Å². The molecule has 0 fully saturated rings. The summed E-state index contributed by atoms with van der Waals surface area (Å²) in [6, 6.07) is 9.19. The van der Waals surface area contributed by atoms with Gasteiger partial charge in [0.15, 0.2) is 0 Å². The van der Waals surface area contributed by atoms with Crippen LogP contribution in [-0.4, -0.2) is 4.98 Å². The van der Waals surface area contributed by atoms with Gasteiger partial charge in [-0.1, -0.05) is 30.1 Å². The first kappa shape index (κ1) is 12.2. The van der Waals surface area contributed by atoms with Gasteiger partial charge in [-0.05, 0) is 42.3 Å². The van der Waals surface area contributed by atoms with Crippen LogP contribution in [0.1, 0.15) is 12.6 Å². The second-order valence-electron chi connectivity index (χ2n) is 3.74. The summed E-state index contributed by atoms with van der Waals surface area (Å²) in [5.41, 5.74) is 8.61. The van der Waals surface area contributed by atoms with Crippen LogP contribution in [0, 0.1) is 0 Å². The summed E-state index contributed by atoms with van der Waals surface area (Å²) in [5, 5.41) is 1.23. The minimum atomic E-state index is 0.527. The van der Waals surface area contributed by atoms with Gasteiger partial charge in [-0.3, -0.25) is 0 Å². The lowest BCUT2D eigenvalue weighted by molar-refractivity contribution is 1.04. The Labute approximate surface area is 110 Å². The molecule has 0 aliphatic heterocycles. The van der Waals surface area contributed by atoms with E-state index >= 15 is 0 Å². The number of aromatic nitrogens is 1. The highest BCUT2D eigenvalue weighted by molar-refractivity contribution is 6.35. The van der Waals surface area contributed by atoms with E-state index in [2.05, 4.69) is 4.98 Å². The van der Waals surface area contributed by atoms with Crippen LogP contribution in [0.3, 0.4) is 0 Å². The number of pyridine rings is 1. The monoisotopic (exact) mass is 266 g/mol. The van der Waals surface area contributed by atoms with Gasteiger partial charge in [0.05, 0.1) is 5.69 Å². The third-order valence-electron chi connectivity index (χ3n) is 2.50. The lowest BCUT2D eigenvalue weighted by Crippen LogP contribution is -1.97. The molecule has 2 rings (SSSR count). The highest BCUT2D eigenvalue weighted by atomic mass is 35.5. The molecule has 2 aromatic rings. The van der Waals surface area contributed by atoms with E-state index in [1.165, 1.54) is 0 Å². The summed E-state index contributed by atoms with van der Waals surface area (Å²) in [5.74, 6) is 0.527. The van der Waals surface area contributed by atoms with Crippen molar-refractivity contribution in [3.05, 3.63) is 46.1 Å². The normalized spacial score (nSPS) is 10.5. The fourth-order valence-electron chi connectivity index (χ4n) is 1.76. The first-order valence-electron chi connectivity index (χ1n) is 5.32. The maximum Gasteiger partial charge on any atom is 0.123 e. The van der Waals surface area contributed by atoms with Crippen LogP contribution in [0.25, 0.3) is 11.1 Å². The van der Waals surface area contributed by atoms with E-state index in [0.29, 0.717) is 15.9 Å². The molecule has 0 radical (unpaired) electrons. The number of aryl methyl sites for hydroxylation is 1. The molecule has 0 amide bonds. The minimum absolute atomic E-state index is 0.527. The smallest absolute Gasteiger partial charge is 0.123 e. The molecular formula is C13H12Cl2N2. The number of anilines is 1. The van der Waals surface area contributed by atoms with Gasteiger partial charge in [-0.15, -0.1) is 0 Å². The standard InChI is InChI=1S/C13H12Cl2N2/c1-2-12-11(3-4-13(16)17-12)8-5-9(14)7-10(15)6-8/h3-7H,2H2,1H3,(H2,16,17). The fourth-order valence-corrected chi connectivity index (χ4v) is 2.29. The minimum Gasteiger partial charge on any atom is -0.384 e. The first-order valence-corrected chi connectivity index (χ1v) is 6.07. The number of hydrogen-bond donors (Lipinski definition) is 1. The van der Waals surface area contributed by atoms with E-state index in [0.717, 1.165) is 23.2 Å². The van der Waals surface area contributed by atoms with Crippen molar-refractivity contribution < 1.29 is 0 Å². The molecule has 88 valence electrons. The van der Waals surface area contributed by atoms with E-state index < -0.39 is 0 Å². The van der Waals surface area contributed by atoms with Crippen molar-refractivity contribution in [2.24, 2.45) is 0 Å². The molecule has 0 spiro atoms. The van der Waals surface area contributed by atoms with Gasteiger partial charge in [0.25, 0.3) is 0 Å². The number of rotatable bonds is 2. The van der Waals surface area contributed by atoms with Crippen molar-refractivity contribution >= 4 is 29.0 Å². The second-order valence-corrected chi connectivity index (χ2v) is 4.61. The quantitative estimate of drug-likeness (QED) is 0.885. The van der Waals surface area contributed by atoms with Crippen LogP contribution >= 0.6 is 23.2 Å². The Hall–Kier alpha value is -1.25. The Bertz CT molecular complexity index is 533. The van der Waals surface area contributed by atoms with Crippen molar-refractivity contribution in [3.63, 3.8) is 0 Å². The van der Waals surface area contributed by atoms with Gasteiger partial charge >= 0.3 is 0 Å². The molecule has 0 aliphatic rings. The van der Waals surface area contributed by atoms with E-state index in [9.17, 15) is 0 Å². The molecule has 4 heteroatoms. The molecule has 1 heterocycles. The maximum atomic E-state index is 6.00. The lowest BCUT2D eigenvalue weighted by Gasteiger charge is -2.09. The number of hydrogen-bond acceptors (Lipinski definition) is 2. The van der Waals surface area contributed by atoms with Crippen molar-refractivity contribution in [1.29, 1.82) is 0 Å². The third-order valence-corrected chi connectivity index (χ3v) is 2.94. The average Bonchev–Trinajstić information content (AvgIpc) is 2.27. The van der Waals surface area contributed by atoms with Gasteiger partial charge < -0.3 is 5.73 Å². The number of nitrogens with two attached hydrogens (primary N) is 1. The SMILES string of the molecule is CCc1nc(N)ccc1-c1cc(Cl)cc(Cl)c1. The zero-order valence-corrected chi connectivity index (χ0v) is 10.9. The van der Waals surface area contributed by atoms with Crippen molar-refractivity contribution in [1.82, 2.24) is 4.98 Å². The Morgan fingerprint density at radius 3 is 2.35 bits per heavy atom. The highest BCUT2D eigenvalue weighted by Crippen LogP contribution is 2.29. The molecule has 1 aromatic heterocycles. The van der Waals surface area contributed by atoms with Crippen molar-refractivity contribution in [2.75, 3.05) is 5.73 Å². The van der Waals surface area contributed by atoms with Crippen molar-refractivity contribution in [3.8, 4) is 11.1 Å². The molecule has 0 bridgehead atoms. The number of halogens is 2. The predicted octanol–water partition coefficient (Wildman–Crippen LogP) is 4.20. The molecule has 0 aliphatic carbocycles. The molecule has 0 saturated heterocycles. The number of nitrogens with zero attached hydrogens (tertiary/aromatic N) is 1. The largest absolute Gasteiger partial charge is 0.384 e. The van der Waals surface area contributed by atoms with Crippen LogP contribution in [-0.2, 0) is 6.42 Å². The summed E-state index contributed by atoms with van der Waals surface area (Å²) in [6.07, 6.45) is 0.810. The summed E-state index contributed by atoms with van der Waals surface area (Å²) < 4.78 is 0. The van der Waals surface area contributed by atoms with Crippen LogP contribution in [0.5, 0.6) is 0 Å². The first-order chi connectivity index (χ1) is 8.10. The molecular weight excluding hydrogens is 255 g/mol. The summed E-state index contributed by atoms with van der Waals surface area (Å²) >= 11 is 12.0. The molecule has 0 atom stereocenters. The van der Waals surface area contributed by atoms with Gasteiger partial charge in [0.1, 0.15) is 5.82 Å². The van der Waals surface area contributed by atoms with Gasteiger partial charge in [0, 0.05) is 15.6 Å². The fraction of sp³-hybridized carbons (Fsp3) is 0.154. The maximum absolute atomic E-state index is 6.00. The average molecular weight is 267 g/mol. The predicted molar refractivity (Wildman–Crippen MR) is 73.5 cm³/mol. The number of nitrogen functional groups attached to an aromatic ring is 1. The molecule has 2 N–H and O–H groups in total. The highest BCUT2D eigenvalue weighted by Gasteiger charge is 2.07. The van der Waals surface area contributed by atoms with Crippen LogP contribution in [0.15, 0.2) is 30.3 Å². The van der Waals surface area contributed by atoms with Crippen LogP contribution < -0.4 is 5.73 Å². The zero-order valence-electron chi connectivity index (χ0n) is 9.37. The van der Waals surface area contributed by atoms with Gasteiger partial charge in [-0.25, -0.2) is 4.98 Å². The lowest BCUT2D eigenvalue weighted by atomic mass is 10.0. The van der Waals surface area contributed by atoms with E-state index in [1.54, 1.807) is 12.1 Å². The molecule has 0 saturated carbocycles. The molecule has 2 nitrogen and oxygen atoms in total. The van der Waals surface area contributed by atoms with E-state index in [-0.39, 0.29) is 0 Å². The van der Waals surface area contributed by atoms with E-state index in [1.807, 2.05) is 25.1 Å². The summed E-state index contributed by atoms with van der Waals surface area (Å²) in [4.78, 5) is 4.32. The van der Waals surface area contributed by atoms with E-state index in [4.69, 9.17) is 28.9 Å². The van der Waals surface area contributed by atoms with Gasteiger partial charge in [0.2, 0.25) is 0 Å². The molecule has 17 heavy (non-hydrogen) atoms. The molecule has 0 unspecified atom stereocenters. The molecule has 1 aromatic carbocycles. The second kappa shape index (κ2) is 4.94.